The Morgan fingerprint density at radius 1 is 1.17 bits per heavy atom. The van der Waals surface area contributed by atoms with Gasteiger partial charge >= 0.3 is 0 Å². The van der Waals surface area contributed by atoms with E-state index < -0.39 is 0 Å². The summed E-state index contributed by atoms with van der Waals surface area (Å²) in [4.78, 5) is 25.3. The molecular weight excluding hydrogens is 460 g/mol. The number of benzene rings is 1. The van der Waals surface area contributed by atoms with Gasteiger partial charge in [0.25, 0.3) is 0 Å². The van der Waals surface area contributed by atoms with Crippen molar-refractivity contribution >= 4 is 35.0 Å². The summed E-state index contributed by atoms with van der Waals surface area (Å²) < 4.78 is 6.07. The summed E-state index contributed by atoms with van der Waals surface area (Å²) in [6.45, 7) is 6.36. The second kappa shape index (κ2) is 10.7. The zero-order valence-corrected chi connectivity index (χ0v) is 21.2. The van der Waals surface area contributed by atoms with Gasteiger partial charge in [-0.2, -0.15) is 5.10 Å². The highest BCUT2D eigenvalue weighted by Gasteiger charge is 2.29. The van der Waals surface area contributed by atoms with Gasteiger partial charge in [-0.05, 0) is 75.4 Å². The molecule has 0 unspecified atom stereocenters. The number of ketones is 1. The molecule has 1 saturated carbocycles. The maximum Gasteiger partial charge on any atom is 0.205 e. The topological polar surface area (TPSA) is 96.0 Å². The van der Waals surface area contributed by atoms with Crippen LogP contribution in [0.5, 0.6) is 5.75 Å². The van der Waals surface area contributed by atoms with Crippen molar-refractivity contribution in [1.29, 1.82) is 0 Å². The van der Waals surface area contributed by atoms with Crippen molar-refractivity contribution in [2.45, 2.75) is 62.4 Å². The van der Waals surface area contributed by atoms with Crippen molar-refractivity contribution in [2.75, 3.05) is 29.9 Å². The number of carbonyl (C=O) groups excluding carboxylic acids is 1. The molecule has 0 radical (unpaired) electrons. The number of H-pyrrole nitrogens is 1. The van der Waals surface area contributed by atoms with Crippen molar-refractivity contribution in [3.8, 4) is 5.75 Å². The molecule has 8 nitrogen and oxygen atoms in total. The number of piperidine rings is 1. The minimum absolute atomic E-state index is 0.290. The lowest BCUT2D eigenvalue weighted by Gasteiger charge is -2.30. The van der Waals surface area contributed by atoms with Crippen LogP contribution < -0.4 is 15.0 Å². The fourth-order valence-electron chi connectivity index (χ4n) is 4.28. The number of aromatic nitrogens is 4. The molecule has 5 rings (SSSR count). The Kier molecular flexibility index (Phi) is 7.22. The van der Waals surface area contributed by atoms with Crippen LogP contribution in [-0.4, -0.2) is 45.6 Å². The normalized spacial score (nSPS) is 15.8. The van der Waals surface area contributed by atoms with Crippen molar-refractivity contribution < 1.29 is 9.53 Å². The van der Waals surface area contributed by atoms with Gasteiger partial charge in [0.1, 0.15) is 5.78 Å². The van der Waals surface area contributed by atoms with Crippen molar-refractivity contribution in [2.24, 2.45) is 5.92 Å². The van der Waals surface area contributed by atoms with E-state index in [0.717, 1.165) is 60.7 Å². The molecule has 184 valence electrons. The van der Waals surface area contributed by atoms with E-state index in [0.29, 0.717) is 47.3 Å². The molecular formula is C26H32N6O2S. The number of aryl methyl sites for hydroxylation is 1. The Bertz CT molecular complexity index is 1170. The molecule has 1 aromatic carbocycles. The van der Waals surface area contributed by atoms with Gasteiger partial charge in [0.15, 0.2) is 22.6 Å². The monoisotopic (exact) mass is 492 g/mol. The highest BCUT2D eigenvalue weighted by molar-refractivity contribution is 7.99. The summed E-state index contributed by atoms with van der Waals surface area (Å²) in [6.07, 6.45) is 6.14. The molecule has 2 aliphatic rings. The van der Waals surface area contributed by atoms with Gasteiger partial charge in [-0.1, -0.05) is 12.1 Å². The van der Waals surface area contributed by atoms with Gasteiger partial charge in [-0.3, -0.25) is 9.89 Å². The standard InChI is InChI=1S/C26H32N6O2S/c1-3-34-23-24(27-22-15-17(2)30-31-22)28-26(29-25(23)32-13-5-4-6-14-32)35-20-11-7-18(8-12-20)16-21(33)19-9-10-19/h7-8,11-12,15,19H,3-6,9-10,13-14,16H2,1-2H3,(H2,27,28,29,30,31). The molecule has 0 spiro atoms. The molecule has 1 aliphatic carbocycles. The number of carbonyl (C=O) groups is 1. The van der Waals surface area contributed by atoms with Crippen LogP contribution in [0.25, 0.3) is 0 Å². The van der Waals surface area contributed by atoms with Crippen LogP contribution in [0.3, 0.4) is 0 Å². The summed E-state index contributed by atoms with van der Waals surface area (Å²) in [5.41, 5.74) is 2.02. The first-order chi connectivity index (χ1) is 17.1. The van der Waals surface area contributed by atoms with Crippen LogP contribution in [0, 0.1) is 12.8 Å². The number of ether oxygens (including phenoxy) is 1. The summed E-state index contributed by atoms with van der Waals surface area (Å²) in [6, 6.07) is 10.1. The van der Waals surface area contributed by atoms with Crippen LogP contribution in [-0.2, 0) is 11.2 Å². The molecule has 9 heteroatoms. The molecule has 3 heterocycles. The lowest BCUT2D eigenvalue weighted by Crippen LogP contribution is -2.31. The highest BCUT2D eigenvalue weighted by Crippen LogP contribution is 2.39. The largest absolute Gasteiger partial charge is 0.487 e. The predicted octanol–water partition coefficient (Wildman–Crippen LogP) is 5.31. The number of hydrogen-bond acceptors (Lipinski definition) is 8. The Morgan fingerprint density at radius 3 is 2.60 bits per heavy atom. The van der Waals surface area contributed by atoms with Gasteiger partial charge in [-0.25, -0.2) is 9.97 Å². The lowest BCUT2D eigenvalue weighted by atomic mass is 10.1. The second-order valence-corrected chi connectivity index (χ2v) is 10.3. The van der Waals surface area contributed by atoms with E-state index >= 15 is 0 Å². The molecule has 2 fully saturated rings. The summed E-state index contributed by atoms with van der Waals surface area (Å²) in [7, 11) is 0. The second-order valence-electron chi connectivity index (χ2n) is 9.21. The average molecular weight is 493 g/mol. The third kappa shape index (κ3) is 5.96. The number of nitrogens with zero attached hydrogens (tertiary/aromatic N) is 4. The predicted molar refractivity (Wildman–Crippen MR) is 138 cm³/mol. The van der Waals surface area contributed by atoms with Gasteiger partial charge < -0.3 is 15.0 Å². The molecule has 35 heavy (non-hydrogen) atoms. The van der Waals surface area contributed by atoms with E-state index in [4.69, 9.17) is 14.7 Å². The third-order valence-corrected chi connectivity index (χ3v) is 7.14. The number of rotatable bonds is 10. The van der Waals surface area contributed by atoms with E-state index in [9.17, 15) is 4.79 Å². The molecule has 0 bridgehead atoms. The molecule has 2 N–H and O–H groups in total. The molecule has 1 aliphatic heterocycles. The number of anilines is 3. The van der Waals surface area contributed by atoms with Gasteiger partial charge in [-0.15, -0.1) is 0 Å². The first kappa shape index (κ1) is 23.7. The van der Waals surface area contributed by atoms with E-state index in [1.165, 1.54) is 18.2 Å². The fraction of sp³-hybridized carbons (Fsp3) is 0.462. The van der Waals surface area contributed by atoms with Crippen LogP contribution in [0.4, 0.5) is 17.5 Å². The summed E-state index contributed by atoms with van der Waals surface area (Å²) in [5, 5.41) is 11.3. The fourth-order valence-corrected chi connectivity index (χ4v) is 5.03. The molecule has 0 atom stereocenters. The maximum absolute atomic E-state index is 12.2. The van der Waals surface area contributed by atoms with Gasteiger partial charge in [0, 0.05) is 42.1 Å². The quantitative estimate of drug-likeness (QED) is 0.368. The SMILES string of the molecule is CCOc1c(Nc2cc(C)[nH]n2)nc(Sc2ccc(CC(=O)C3CC3)cc2)nc1N1CCCCC1. The highest BCUT2D eigenvalue weighted by atomic mass is 32.2. The maximum atomic E-state index is 12.2. The van der Waals surface area contributed by atoms with Crippen molar-refractivity contribution in [3.05, 3.63) is 41.6 Å². The van der Waals surface area contributed by atoms with E-state index in [1.807, 2.05) is 44.2 Å². The Labute approximate surface area is 210 Å². The molecule has 0 amide bonds. The van der Waals surface area contributed by atoms with Gasteiger partial charge in [0.2, 0.25) is 5.75 Å². The van der Waals surface area contributed by atoms with E-state index in [2.05, 4.69) is 20.4 Å². The Hall–Kier alpha value is -3.07. The first-order valence-corrected chi connectivity index (χ1v) is 13.3. The molecule has 3 aromatic rings. The number of Topliss-reactive ketones (excluding diaryl/α,β-unsaturated/α-hetero) is 1. The number of hydrogen-bond donors (Lipinski definition) is 2. The minimum atomic E-state index is 0.290. The van der Waals surface area contributed by atoms with Crippen molar-refractivity contribution in [3.63, 3.8) is 0 Å². The van der Waals surface area contributed by atoms with E-state index in [1.54, 1.807) is 0 Å². The smallest absolute Gasteiger partial charge is 0.205 e. The lowest BCUT2D eigenvalue weighted by molar-refractivity contribution is -0.119. The zero-order chi connectivity index (χ0) is 24.2. The zero-order valence-electron chi connectivity index (χ0n) is 20.3. The summed E-state index contributed by atoms with van der Waals surface area (Å²) in [5.74, 6) is 3.43. The third-order valence-electron chi connectivity index (χ3n) is 6.27. The van der Waals surface area contributed by atoms with Gasteiger partial charge in [0.05, 0.1) is 6.61 Å². The van der Waals surface area contributed by atoms with Crippen LogP contribution in [0.2, 0.25) is 0 Å². The molecule has 1 saturated heterocycles. The molecule has 2 aromatic heterocycles. The Morgan fingerprint density at radius 2 is 1.94 bits per heavy atom. The van der Waals surface area contributed by atoms with Crippen LogP contribution in [0.1, 0.15) is 50.3 Å². The van der Waals surface area contributed by atoms with Crippen LogP contribution in [0.15, 0.2) is 40.4 Å². The first-order valence-electron chi connectivity index (χ1n) is 12.5. The summed E-state index contributed by atoms with van der Waals surface area (Å²) >= 11 is 1.51. The van der Waals surface area contributed by atoms with Crippen LogP contribution >= 0.6 is 11.8 Å². The minimum Gasteiger partial charge on any atom is -0.487 e. The Balaban J connectivity index is 1.43. The van der Waals surface area contributed by atoms with E-state index in [-0.39, 0.29) is 0 Å². The number of nitrogens with one attached hydrogen (secondary N) is 2. The average Bonchev–Trinajstić information content (AvgIpc) is 3.64. The van der Waals surface area contributed by atoms with Crippen molar-refractivity contribution in [1.82, 2.24) is 20.2 Å². The number of aromatic amines is 1.